The molecule has 3 amide bonds. The van der Waals surface area contributed by atoms with Crippen LogP contribution in [0.15, 0.2) is 12.2 Å². The predicted molar refractivity (Wildman–Crippen MR) is 134 cm³/mol. The maximum atomic E-state index is 13.2. The van der Waals surface area contributed by atoms with Crippen LogP contribution in [-0.2, 0) is 23.9 Å². The monoisotopic (exact) mass is 515 g/mol. The van der Waals surface area contributed by atoms with Gasteiger partial charge in [-0.3, -0.25) is 19.2 Å². The van der Waals surface area contributed by atoms with Gasteiger partial charge in [-0.05, 0) is 24.8 Å². The van der Waals surface area contributed by atoms with Crippen molar-refractivity contribution in [3.8, 4) is 0 Å². The van der Waals surface area contributed by atoms with Crippen LogP contribution in [0.1, 0.15) is 59.3 Å². The molecule has 2 heterocycles. The van der Waals surface area contributed by atoms with E-state index in [-0.39, 0.29) is 18.8 Å². The highest BCUT2D eigenvalue weighted by molar-refractivity contribution is 8.76. The van der Waals surface area contributed by atoms with Gasteiger partial charge in [0.05, 0.1) is 25.0 Å². The van der Waals surface area contributed by atoms with Crippen molar-refractivity contribution in [1.82, 2.24) is 16.0 Å². The Morgan fingerprint density at radius 2 is 1.85 bits per heavy atom. The molecule has 1 saturated heterocycles. The van der Waals surface area contributed by atoms with E-state index in [1.54, 1.807) is 16.9 Å². The second kappa shape index (κ2) is 14.6. The third kappa shape index (κ3) is 9.50. The summed E-state index contributed by atoms with van der Waals surface area (Å²) >= 11 is 0. The highest BCUT2D eigenvalue weighted by Gasteiger charge is 2.33. The van der Waals surface area contributed by atoms with Gasteiger partial charge in [-0.25, -0.2) is 0 Å². The zero-order chi connectivity index (χ0) is 25.1. The molecule has 0 aromatic rings. The molecule has 0 aromatic heterocycles. The lowest BCUT2D eigenvalue weighted by atomic mass is 9.96. The summed E-state index contributed by atoms with van der Waals surface area (Å²) in [5.74, 6) is -1.04. The van der Waals surface area contributed by atoms with E-state index < -0.39 is 54.0 Å². The molecule has 1 fully saturated rings. The second-order valence-electron chi connectivity index (χ2n) is 8.93. The summed E-state index contributed by atoms with van der Waals surface area (Å²) in [6.07, 6.45) is 3.77. The summed E-state index contributed by atoms with van der Waals surface area (Å²) in [5.41, 5.74) is 0. The highest BCUT2D eigenvalue weighted by Crippen LogP contribution is 2.24. The lowest BCUT2D eigenvalue weighted by molar-refractivity contribution is -0.151. The minimum atomic E-state index is -1.18. The average molecular weight is 516 g/mol. The summed E-state index contributed by atoms with van der Waals surface area (Å²) in [5, 5.41) is 19.1. The SMILES string of the molecule is CCCC[C@H]1NC(=O)C[C@H]2/C=C/CCSSC[C@@H](NC1=O)C(=O)N[C@H](C(C)C)[C@@H](O)CC(=O)O2. The summed E-state index contributed by atoms with van der Waals surface area (Å²) in [6, 6.07) is -2.37. The number of hydrogen-bond acceptors (Lipinski definition) is 8. The minimum absolute atomic E-state index is 0.135. The Morgan fingerprint density at radius 1 is 1.09 bits per heavy atom. The molecular formula is C23H37N3O6S2. The lowest BCUT2D eigenvalue weighted by Gasteiger charge is -2.29. The molecule has 192 valence electrons. The average Bonchev–Trinajstić information content (AvgIpc) is 2.77. The number of allylic oxidation sites excluding steroid dienone is 1. The Labute approximate surface area is 209 Å². The van der Waals surface area contributed by atoms with E-state index in [0.717, 1.165) is 18.6 Å². The fraction of sp³-hybridized carbons (Fsp3) is 0.739. The fourth-order valence-electron chi connectivity index (χ4n) is 3.74. The summed E-state index contributed by atoms with van der Waals surface area (Å²) in [6.45, 7) is 5.65. The molecular weight excluding hydrogens is 478 g/mol. The van der Waals surface area contributed by atoms with E-state index in [1.165, 1.54) is 10.8 Å². The first-order chi connectivity index (χ1) is 16.2. The molecule has 4 N–H and O–H groups in total. The third-order valence-corrected chi connectivity index (χ3v) is 8.10. The number of esters is 1. The fourth-order valence-corrected chi connectivity index (χ4v) is 5.90. The summed E-state index contributed by atoms with van der Waals surface area (Å²) < 4.78 is 5.51. The van der Waals surface area contributed by atoms with Gasteiger partial charge in [0, 0.05) is 11.5 Å². The Balaban J connectivity index is 2.45. The topological polar surface area (TPSA) is 134 Å². The molecule has 0 aliphatic carbocycles. The van der Waals surface area contributed by atoms with Crippen LogP contribution in [0.25, 0.3) is 0 Å². The number of ether oxygens (including phenoxy) is 1. The van der Waals surface area contributed by atoms with Crippen molar-refractivity contribution < 1.29 is 29.0 Å². The first-order valence-corrected chi connectivity index (χ1v) is 14.4. The summed E-state index contributed by atoms with van der Waals surface area (Å²) in [7, 11) is 3.05. The van der Waals surface area contributed by atoms with Gasteiger partial charge in [-0.1, -0.05) is 61.3 Å². The molecule has 34 heavy (non-hydrogen) atoms. The normalized spacial score (nSPS) is 31.3. The van der Waals surface area contributed by atoms with Gasteiger partial charge in [0.2, 0.25) is 17.7 Å². The van der Waals surface area contributed by atoms with Crippen molar-refractivity contribution in [3.63, 3.8) is 0 Å². The third-order valence-electron chi connectivity index (χ3n) is 5.65. The second-order valence-corrected chi connectivity index (χ2v) is 11.6. The number of carbonyl (C=O) groups is 4. The number of unbranched alkanes of at least 4 members (excludes halogenated alkanes) is 1. The number of fused-ring (bicyclic) bond motifs is 7. The minimum Gasteiger partial charge on any atom is -0.457 e. The lowest BCUT2D eigenvalue weighted by Crippen LogP contribution is -2.57. The molecule has 2 bridgehead atoms. The largest absolute Gasteiger partial charge is 0.457 e. The predicted octanol–water partition coefficient (Wildman–Crippen LogP) is 1.69. The molecule has 0 aromatic carbocycles. The number of amides is 3. The molecule has 0 radical (unpaired) electrons. The van der Waals surface area contributed by atoms with Crippen LogP contribution in [0.2, 0.25) is 0 Å². The Bertz CT molecular complexity index is 748. The van der Waals surface area contributed by atoms with Crippen molar-refractivity contribution in [1.29, 1.82) is 0 Å². The molecule has 0 unspecified atom stereocenters. The molecule has 5 atom stereocenters. The van der Waals surface area contributed by atoms with Crippen LogP contribution in [0.3, 0.4) is 0 Å². The van der Waals surface area contributed by atoms with E-state index in [9.17, 15) is 24.3 Å². The maximum absolute atomic E-state index is 13.2. The van der Waals surface area contributed by atoms with Crippen LogP contribution in [0.5, 0.6) is 0 Å². The summed E-state index contributed by atoms with van der Waals surface area (Å²) in [4.78, 5) is 51.6. The number of carbonyl (C=O) groups excluding carboxylic acids is 4. The van der Waals surface area contributed by atoms with Crippen molar-refractivity contribution in [2.75, 3.05) is 11.5 Å². The van der Waals surface area contributed by atoms with Crippen LogP contribution < -0.4 is 16.0 Å². The van der Waals surface area contributed by atoms with Crippen LogP contribution >= 0.6 is 21.6 Å². The van der Waals surface area contributed by atoms with E-state index in [2.05, 4.69) is 16.0 Å². The molecule has 11 heteroatoms. The molecule has 9 nitrogen and oxygen atoms in total. The van der Waals surface area contributed by atoms with Gasteiger partial charge in [0.1, 0.15) is 18.2 Å². The van der Waals surface area contributed by atoms with E-state index in [0.29, 0.717) is 18.6 Å². The Kier molecular flexibility index (Phi) is 12.3. The van der Waals surface area contributed by atoms with Crippen molar-refractivity contribution in [2.24, 2.45) is 5.92 Å². The molecule has 2 rings (SSSR count). The van der Waals surface area contributed by atoms with Gasteiger partial charge in [-0.15, -0.1) is 0 Å². The maximum Gasteiger partial charge on any atom is 0.309 e. The zero-order valence-corrected chi connectivity index (χ0v) is 21.7. The van der Waals surface area contributed by atoms with Crippen LogP contribution in [-0.4, -0.2) is 70.6 Å². The Hall–Kier alpha value is -1.72. The van der Waals surface area contributed by atoms with Gasteiger partial charge < -0.3 is 25.8 Å². The van der Waals surface area contributed by atoms with Gasteiger partial charge >= 0.3 is 5.97 Å². The van der Waals surface area contributed by atoms with Crippen molar-refractivity contribution >= 4 is 45.3 Å². The standard InChI is InChI=1S/C23H37N3O6S2/c1-4-5-9-16-22(30)25-17-13-34-33-10-7-6-8-15(11-19(28)24-16)32-20(29)12-18(27)21(14(2)3)26-23(17)31/h6,8,14-18,21,27H,4-5,7,9-13H2,1-3H3,(H,24,28)(H,25,30)(H,26,31)/b8-6+/t15-,16-,17-,18+,21-/m1/s1. The highest BCUT2D eigenvalue weighted by atomic mass is 33.1. The number of rotatable bonds is 4. The van der Waals surface area contributed by atoms with Gasteiger partial charge in [0.15, 0.2) is 0 Å². The number of aliphatic hydroxyl groups is 1. The number of nitrogens with one attached hydrogen (secondary N) is 3. The van der Waals surface area contributed by atoms with Gasteiger partial charge in [-0.2, -0.15) is 0 Å². The van der Waals surface area contributed by atoms with Crippen LogP contribution in [0, 0.1) is 5.92 Å². The first kappa shape index (κ1) is 28.5. The zero-order valence-electron chi connectivity index (χ0n) is 20.1. The van der Waals surface area contributed by atoms with Crippen molar-refractivity contribution in [3.05, 3.63) is 12.2 Å². The molecule has 2 aliphatic rings. The van der Waals surface area contributed by atoms with E-state index in [1.807, 2.05) is 26.8 Å². The molecule has 0 spiro atoms. The molecule has 2 aliphatic heterocycles. The van der Waals surface area contributed by atoms with Gasteiger partial charge in [0.25, 0.3) is 0 Å². The molecule has 0 saturated carbocycles. The Morgan fingerprint density at radius 3 is 2.56 bits per heavy atom. The van der Waals surface area contributed by atoms with Crippen molar-refractivity contribution in [2.45, 2.75) is 89.6 Å². The van der Waals surface area contributed by atoms with E-state index >= 15 is 0 Å². The number of aliphatic hydroxyl groups excluding tert-OH is 1. The van der Waals surface area contributed by atoms with Crippen LogP contribution in [0.4, 0.5) is 0 Å². The quantitative estimate of drug-likeness (QED) is 0.253. The van der Waals surface area contributed by atoms with E-state index in [4.69, 9.17) is 4.74 Å². The number of hydrogen-bond donors (Lipinski definition) is 4. The first-order valence-electron chi connectivity index (χ1n) is 11.9. The smallest absolute Gasteiger partial charge is 0.309 e.